The maximum Gasteiger partial charge on any atom is 0.416 e. The number of nitrogens with zero attached hydrogens (tertiary/aromatic N) is 2. The molecule has 7 heteroatoms. The summed E-state index contributed by atoms with van der Waals surface area (Å²) >= 11 is 0. The molecule has 0 radical (unpaired) electrons. The van der Waals surface area contributed by atoms with Crippen LogP contribution < -0.4 is 10.1 Å². The fourth-order valence-corrected chi connectivity index (χ4v) is 1.55. The van der Waals surface area contributed by atoms with Crippen LogP contribution in [0.4, 0.5) is 19.0 Å². The fourth-order valence-electron chi connectivity index (χ4n) is 1.55. The van der Waals surface area contributed by atoms with Crippen molar-refractivity contribution in [3.8, 4) is 11.6 Å². The van der Waals surface area contributed by atoms with Crippen molar-refractivity contribution >= 4 is 5.82 Å². The lowest BCUT2D eigenvalue weighted by atomic mass is 10.2. The number of hydrogen-bond donors (Lipinski definition) is 1. The van der Waals surface area contributed by atoms with Crippen molar-refractivity contribution in [2.24, 2.45) is 0 Å². The van der Waals surface area contributed by atoms with Gasteiger partial charge >= 0.3 is 6.18 Å². The summed E-state index contributed by atoms with van der Waals surface area (Å²) in [5.74, 6) is 1.61. The van der Waals surface area contributed by atoms with Gasteiger partial charge in [0.15, 0.2) is 0 Å². The lowest BCUT2D eigenvalue weighted by molar-refractivity contribution is -0.137. The Bertz CT molecular complexity index is 597. The predicted octanol–water partition coefficient (Wildman–Crippen LogP) is 3.64. The first-order valence-electron chi connectivity index (χ1n) is 5.77. The lowest BCUT2D eigenvalue weighted by Crippen LogP contribution is -2.04. The molecule has 106 valence electrons. The van der Waals surface area contributed by atoms with Gasteiger partial charge in [-0.3, -0.25) is 0 Å². The number of alkyl halides is 3. The number of aromatic nitrogens is 2. The van der Waals surface area contributed by atoms with Crippen LogP contribution in [-0.4, -0.2) is 17.0 Å². The Kier molecular flexibility index (Phi) is 3.78. The zero-order chi connectivity index (χ0) is 14.8. The summed E-state index contributed by atoms with van der Waals surface area (Å²) < 4.78 is 42.7. The lowest BCUT2D eigenvalue weighted by Gasteiger charge is -2.09. The van der Waals surface area contributed by atoms with Gasteiger partial charge in [-0.15, -0.1) is 0 Å². The van der Waals surface area contributed by atoms with Crippen molar-refractivity contribution in [3.05, 3.63) is 41.7 Å². The van der Waals surface area contributed by atoms with E-state index in [0.717, 1.165) is 12.1 Å². The minimum Gasteiger partial charge on any atom is -0.439 e. The maximum atomic E-state index is 12.4. The molecule has 1 N–H and O–H groups in total. The van der Waals surface area contributed by atoms with Gasteiger partial charge in [0, 0.05) is 13.1 Å². The van der Waals surface area contributed by atoms with Gasteiger partial charge in [-0.2, -0.15) is 18.2 Å². The third-order valence-electron chi connectivity index (χ3n) is 2.47. The van der Waals surface area contributed by atoms with Gasteiger partial charge in [-0.25, -0.2) is 4.98 Å². The largest absolute Gasteiger partial charge is 0.439 e. The van der Waals surface area contributed by atoms with Crippen LogP contribution in [0.25, 0.3) is 0 Å². The summed E-state index contributed by atoms with van der Waals surface area (Å²) in [6, 6.07) is 5.98. The zero-order valence-electron chi connectivity index (χ0n) is 10.8. The van der Waals surface area contributed by atoms with Gasteiger partial charge in [0.2, 0.25) is 5.88 Å². The van der Waals surface area contributed by atoms with Crippen LogP contribution in [0.2, 0.25) is 0 Å². The highest BCUT2D eigenvalue weighted by Gasteiger charge is 2.30. The van der Waals surface area contributed by atoms with Gasteiger partial charge < -0.3 is 10.1 Å². The summed E-state index contributed by atoms with van der Waals surface area (Å²) in [5.41, 5.74) is -0.723. The van der Waals surface area contributed by atoms with Crippen LogP contribution in [0.15, 0.2) is 30.3 Å². The van der Waals surface area contributed by atoms with Crippen molar-refractivity contribution in [1.29, 1.82) is 0 Å². The number of rotatable bonds is 3. The summed E-state index contributed by atoms with van der Waals surface area (Å²) in [4.78, 5) is 8.14. The number of halogens is 3. The van der Waals surface area contributed by atoms with Crippen molar-refractivity contribution in [1.82, 2.24) is 9.97 Å². The first kappa shape index (κ1) is 14.1. The molecule has 0 atom stereocenters. The van der Waals surface area contributed by atoms with E-state index in [1.54, 1.807) is 20.0 Å². The minimum absolute atomic E-state index is 0.265. The van der Waals surface area contributed by atoms with E-state index in [4.69, 9.17) is 4.74 Å². The van der Waals surface area contributed by atoms with Crippen LogP contribution in [-0.2, 0) is 6.18 Å². The Morgan fingerprint density at radius 2 is 1.75 bits per heavy atom. The van der Waals surface area contributed by atoms with Crippen LogP contribution >= 0.6 is 0 Å². The molecule has 1 aromatic carbocycles. The molecule has 0 amide bonds. The van der Waals surface area contributed by atoms with Crippen LogP contribution in [0.1, 0.15) is 11.4 Å². The quantitative estimate of drug-likeness (QED) is 0.934. The molecule has 4 nitrogen and oxygen atoms in total. The summed E-state index contributed by atoms with van der Waals surface area (Å²) in [6.07, 6.45) is -4.36. The normalized spacial score (nSPS) is 11.2. The second-order valence-corrected chi connectivity index (χ2v) is 4.01. The average Bonchev–Trinajstić information content (AvgIpc) is 2.37. The zero-order valence-corrected chi connectivity index (χ0v) is 10.8. The number of hydrogen-bond acceptors (Lipinski definition) is 4. The number of ether oxygens (including phenoxy) is 1. The van der Waals surface area contributed by atoms with E-state index >= 15 is 0 Å². The molecule has 0 aliphatic rings. The van der Waals surface area contributed by atoms with E-state index < -0.39 is 11.7 Å². The maximum absolute atomic E-state index is 12.4. The summed E-state index contributed by atoms with van der Waals surface area (Å²) in [5, 5.41) is 2.84. The molecular formula is C13H12F3N3O. The van der Waals surface area contributed by atoms with E-state index in [-0.39, 0.29) is 11.6 Å². The molecule has 2 rings (SSSR count). The molecule has 0 saturated carbocycles. The standard InChI is InChI=1S/C13H12F3N3O/c1-8-18-11(17-2)7-12(19-8)20-10-5-3-9(4-6-10)13(14,15)16/h3-7H,1-2H3,(H,17,18,19). The molecule has 0 aliphatic heterocycles. The second-order valence-electron chi connectivity index (χ2n) is 4.01. The first-order valence-corrected chi connectivity index (χ1v) is 5.77. The highest BCUT2D eigenvalue weighted by molar-refractivity contribution is 5.39. The minimum atomic E-state index is -4.36. The molecule has 0 unspecified atom stereocenters. The van der Waals surface area contributed by atoms with Crippen molar-refractivity contribution in [2.45, 2.75) is 13.1 Å². The Morgan fingerprint density at radius 1 is 1.10 bits per heavy atom. The first-order chi connectivity index (χ1) is 9.38. The van der Waals surface area contributed by atoms with E-state index in [0.29, 0.717) is 11.6 Å². The van der Waals surface area contributed by atoms with Gasteiger partial charge in [0.05, 0.1) is 5.56 Å². The Balaban J connectivity index is 2.20. The fraction of sp³-hybridized carbons (Fsp3) is 0.231. The monoisotopic (exact) mass is 283 g/mol. The van der Waals surface area contributed by atoms with E-state index in [9.17, 15) is 13.2 Å². The SMILES string of the molecule is CNc1cc(Oc2ccc(C(F)(F)F)cc2)nc(C)n1. The molecule has 2 aromatic rings. The van der Waals surface area contributed by atoms with Crippen LogP contribution in [0, 0.1) is 6.92 Å². The van der Waals surface area contributed by atoms with Crippen molar-refractivity contribution in [3.63, 3.8) is 0 Å². The second kappa shape index (κ2) is 5.36. The number of anilines is 1. The predicted molar refractivity (Wildman–Crippen MR) is 67.8 cm³/mol. The average molecular weight is 283 g/mol. The third kappa shape index (κ3) is 3.37. The Morgan fingerprint density at radius 3 is 2.30 bits per heavy atom. The molecule has 0 spiro atoms. The van der Waals surface area contributed by atoms with E-state index in [1.807, 2.05) is 0 Å². The van der Waals surface area contributed by atoms with Gasteiger partial charge in [0.1, 0.15) is 17.4 Å². The Hall–Kier alpha value is -2.31. The highest BCUT2D eigenvalue weighted by Crippen LogP contribution is 2.31. The third-order valence-corrected chi connectivity index (χ3v) is 2.47. The van der Waals surface area contributed by atoms with E-state index in [1.165, 1.54) is 12.1 Å². The molecule has 0 bridgehead atoms. The molecule has 1 heterocycles. The summed E-state index contributed by atoms with van der Waals surface area (Å²) in [7, 11) is 1.70. The molecule has 1 aromatic heterocycles. The highest BCUT2D eigenvalue weighted by atomic mass is 19.4. The van der Waals surface area contributed by atoms with Gasteiger partial charge in [0.25, 0.3) is 0 Å². The van der Waals surface area contributed by atoms with Crippen LogP contribution in [0.3, 0.4) is 0 Å². The number of nitrogens with one attached hydrogen (secondary N) is 1. The molecule has 20 heavy (non-hydrogen) atoms. The van der Waals surface area contributed by atoms with Gasteiger partial charge in [-0.05, 0) is 31.2 Å². The summed E-state index contributed by atoms with van der Waals surface area (Å²) in [6.45, 7) is 1.69. The van der Waals surface area contributed by atoms with Gasteiger partial charge in [-0.1, -0.05) is 0 Å². The van der Waals surface area contributed by atoms with Crippen molar-refractivity contribution < 1.29 is 17.9 Å². The smallest absolute Gasteiger partial charge is 0.416 e. The molecule has 0 fully saturated rings. The van der Waals surface area contributed by atoms with Crippen LogP contribution in [0.5, 0.6) is 11.6 Å². The molecular weight excluding hydrogens is 271 g/mol. The molecule has 0 aliphatic carbocycles. The number of benzene rings is 1. The van der Waals surface area contributed by atoms with Crippen molar-refractivity contribution in [2.75, 3.05) is 12.4 Å². The number of aryl methyl sites for hydroxylation is 1. The molecule has 0 saturated heterocycles. The Labute approximate surface area is 113 Å². The topological polar surface area (TPSA) is 47.0 Å². The van der Waals surface area contributed by atoms with E-state index in [2.05, 4.69) is 15.3 Å².